The molecule has 21 heavy (non-hydrogen) atoms. The van der Waals surface area contributed by atoms with Crippen LogP contribution in [-0.2, 0) is 14.3 Å². The second-order valence-electron chi connectivity index (χ2n) is 6.37. The Morgan fingerprint density at radius 1 is 1.29 bits per heavy atom. The quantitative estimate of drug-likeness (QED) is 0.760. The zero-order valence-corrected chi connectivity index (χ0v) is 13.0. The summed E-state index contributed by atoms with van der Waals surface area (Å²) < 4.78 is 5.65. The molecule has 1 saturated carbocycles. The molecular formula is C15H26N2O4. The molecule has 1 aliphatic heterocycles. The molecule has 120 valence electrons. The van der Waals surface area contributed by atoms with Gasteiger partial charge in [0.2, 0.25) is 5.91 Å². The lowest BCUT2D eigenvalue weighted by molar-refractivity contribution is -0.140. The molecule has 3 unspecified atom stereocenters. The maximum atomic E-state index is 12.2. The average molecular weight is 298 g/mol. The Hall–Kier alpha value is -1.14. The van der Waals surface area contributed by atoms with Crippen molar-refractivity contribution in [3.8, 4) is 0 Å². The largest absolute Gasteiger partial charge is 0.480 e. The number of likely N-dealkylation sites (N-methyl/N-ethyl adjacent to an activating group) is 1. The summed E-state index contributed by atoms with van der Waals surface area (Å²) in [4.78, 5) is 24.9. The number of carboxylic acids is 1. The highest BCUT2D eigenvalue weighted by Gasteiger charge is 2.39. The summed E-state index contributed by atoms with van der Waals surface area (Å²) in [6.07, 6.45) is 2.39. The smallest absolute Gasteiger partial charge is 0.317 e. The number of carbonyl (C=O) groups is 2. The molecule has 2 N–H and O–H groups in total. The summed E-state index contributed by atoms with van der Waals surface area (Å²) in [5.74, 6) is -0.557. The maximum absolute atomic E-state index is 12.2. The predicted molar refractivity (Wildman–Crippen MR) is 78.0 cm³/mol. The molecule has 1 heterocycles. The Morgan fingerprint density at radius 2 is 1.95 bits per heavy atom. The fourth-order valence-corrected chi connectivity index (χ4v) is 3.37. The van der Waals surface area contributed by atoms with Crippen LogP contribution in [0, 0.1) is 5.92 Å². The van der Waals surface area contributed by atoms with Crippen molar-refractivity contribution >= 4 is 11.9 Å². The van der Waals surface area contributed by atoms with Crippen molar-refractivity contribution in [2.45, 2.75) is 64.3 Å². The lowest BCUT2D eigenvalue weighted by Crippen LogP contribution is -2.56. The number of rotatable bonds is 6. The van der Waals surface area contributed by atoms with Gasteiger partial charge < -0.3 is 15.2 Å². The Balaban J connectivity index is 1.75. The fourth-order valence-electron chi connectivity index (χ4n) is 3.37. The number of carbonyl (C=O) groups excluding carboxylic acids is 1. The number of ether oxygens (including phenoxy) is 1. The van der Waals surface area contributed by atoms with Crippen LogP contribution >= 0.6 is 0 Å². The number of hydrogen-bond donors (Lipinski definition) is 2. The van der Waals surface area contributed by atoms with E-state index in [0.29, 0.717) is 0 Å². The molecule has 0 radical (unpaired) electrons. The van der Waals surface area contributed by atoms with Crippen LogP contribution in [0.3, 0.4) is 0 Å². The van der Waals surface area contributed by atoms with Crippen LogP contribution < -0.4 is 5.32 Å². The summed E-state index contributed by atoms with van der Waals surface area (Å²) in [5.41, 5.74) is 0. The van der Waals surface area contributed by atoms with Crippen LogP contribution in [0.2, 0.25) is 0 Å². The molecule has 0 aromatic carbocycles. The van der Waals surface area contributed by atoms with E-state index in [4.69, 9.17) is 9.84 Å². The second-order valence-corrected chi connectivity index (χ2v) is 6.37. The maximum Gasteiger partial charge on any atom is 0.317 e. The Kier molecular flexibility index (Phi) is 5.22. The minimum Gasteiger partial charge on any atom is -0.480 e. The molecule has 6 nitrogen and oxygen atoms in total. The summed E-state index contributed by atoms with van der Waals surface area (Å²) in [7, 11) is 0. The van der Waals surface area contributed by atoms with Crippen LogP contribution in [0.15, 0.2) is 0 Å². The van der Waals surface area contributed by atoms with E-state index in [0.717, 1.165) is 25.8 Å². The molecular weight excluding hydrogens is 272 g/mol. The van der Waals surface area contributed by atoms with Gasteiger partial charge in [-0.05, 0) is 38.6 Å². The van der Waals surface area contributed by atoms with Gasteiger partial charge in [-0.15, -0.1) is 0 Å². The van der Waals surface area contributed by atoms with Gasteiger partial charge in [0.1, 0.15) is 6.10 Å². The van der Waals surface area contributed by atoms with Gasteiger partial charge in [-0.2, -0.15) is 0 Å². The number of aliphatic carboxylic acids is 1. The van der Waals surface area contributed by atoms with E-state index in [-0.39, 0.29) is 42.7 Å². The van der Waals surface area contributed by atoms with Gasteiger partial charge >= 0.3 is 5.97 Å². The lowest BCUT2D eigenvalue weighted by atomic mass is 9.85. The first kappa shape index (κ1) is 16.2. The zero-order valence-electron chi connectivity index (χ0n) is 13.0. The van der Waals surface area contributed by atoms with Crippen LogP contribution in [0.25, 0.3) is 0 Å². The van der Waals surface area contributed by atoms with Crippen LogP contribution in [-0.4, -0.2) is 59.3 Å². The first-order valence-electron chi connectivity index (χ1n) is 7.82. The molecule has 1 amide bonds. The number of nitrogens with zero attached hydrogens (tertiary/aromatic N) is 1. The van der Waals surface area contributed by atoms with Crippen molar-refractivity contribution in [3.05, 3.63) is 0 Å². The number of amides is 1. The molecule has 3 atom stereocenters. The molecule has 0 aromatic rings. The first-order chi connectivity index (χ1) is 9.90. The normalized spacial score (nSPS) is 35.5. The van der Waals surface area contributed by atoms with E-state index in [1.54, 1.807) is 0 Å². The summed E-state index contributed by atoms with van der Waals surface area (Å²) in [6.45, 7) is 6.79. The van der Waals surface area contributed by atoms with Crippen LogP contribution in [0.1, 0.15) is 40.0 Å². The molecule has 2 aliphatic rings. The molecule has 6 heteroatoms. The van der Waals surface area contributed by atoms with Gasteiger partial charge in [0.05, 0.1) is 12.6 Å². The monoisotopic (exact) mass is 298 g/mol. The van der Waals surface area contributed by atoms with Crippen molar-refractivity contribution in [2.24, 2.45) is 5.92 Å². The molecule has 0 spiro atoms. The van der Waals surface area contributed by atoms with Crippen molar-refractivity contribution < 1.29 is 19.4 Å². The molecule has 2 fully saturated rings. The van der Waals surface area contributed by atoms with Crippen molar-refractivity contribution in [1.82, 2.24) is 10.2 Å². The number of nitrogens with one attached hydrogen (secondary N) is 1. The molecule has 2 rings (SSSR count). The summed E-state index contributed by atoms with van der Waals surface area (Å²) in [6, 6.07) is 0.411. The average Bonchev–Trinajstić information content (AvgIpc) is 2.69. The van der Waals surface area contributed by atoms with Gasteiger partial charge in [0.15, 0.2) is 0 Å². The SMILES string of the molecule is CCN(CC(=O)O)C1CC(NC(=O)C2OC(C)CC2C)C1. The summed E-state index contributed by atoms with van der Waals surface area (Å²) >= 11 is 0. The molecule has 1 saturated heterocycles. The third kappa shape index (κ3) is 3.95. The number of hydrogen-bond acceptors (Lipinski definition) is 4. The van der Waals surface area contributed by atoms with Gasteiger partial charge in [-0.25, -0.2) is 0 Å². The highest BCUT2D eigenvalue weighted by atomic mass is 16.5. The minimum absolute atomic E-state index is 0.0171. The standard InChI is InChI=1S/C15H26N2O4/c1-4-17(8-13(18)19)12-6-11(7-12)16-15(20)14-9(2)5-10(3)21-14/h9-12,14H,4-8H2,1-3H3,(H,16,20)(H,18,19). The summed E-state index contributed by atoms with van der Waals surface area (Å²) in [5, 5.41) is 11.9. The van der Waals surface area contributed by atoms with Crippen molar-refractivity contribution in [1.29, 1.82) is 0 Å². The first-order valence-corrected chi connectivity index (χ1v) is 7.82. The van der Waals surface area contributed by atoms with Gasteiger partial charge in [0, 0.05) is 12.1 Å². The van der Waals surface area contributed by atoms with E-state index in [2.05, 4.69) is 5.32 Å². The van der Waals surface area contributed by atoms with Crippen LogP contribution in [0.5, 0.6) is 0 Å². The fraction of sp³-hybridized carbons (Fsp3) is 0.867. The third-order valence-electron chi connectivity index (χ3n) is 4.58. The van der Waals surface area contributed by atoms with Crippen LogP contribution in [0.4, 0.5) is 0 Å². The van der Waals surface area contributed by atoms with Gasteiger partial charge in [0.25, 0.3) is 0 Å². The highest BCUT2D eigenvalue weighted by molar-refractivity contribution is 5.81. The van der Waals surface area contributed by atoms with E-state index in [1.165, 1.54) is 0 Å². The Bertz CT molecular complexity index is 395. The molecule has 1 aliphatic carbocycles. The second kappa shape index (κ2) is 6.75. The Morgan fingerprint density at radius 3 is 2.43 bits per heavy atom. The van der Waals surface area contributed by atoms with Gasteiger partial charge in [-0.3, -0.25) is 14.5 Å². The third-order valence-corrected chi connectivity index (χ3v) is 4.58. The van der Waals surface area contributed by atoms with E-state index in [9.17, 15) is 9.59 Å². The predicted octanol–water partition coefficient (Wildman–Crippen LogP) is 0.854. The molecule has 0 aromatic heterocycles. The highest BCUT2D eigenvalue weighted by Crippen LogP contribution is 2.29. The van der Waals surface area contributed by atoms with E-state index in [1.807, 2.05) is 25.7 Å². The Labute approximate surface area is 125 Å². The van der Waals surface area contributed by atoms with Crippen molar-refractivity contribution in [3.63, 3.8) is 0 Å². The van der Waals surface area contributed by atoms with E-state index >= 15 is 0 Å². The topological polar surface area (TPSA) is 78.9 Å². The minimum atomic E-state index is -0.800. The van der Waals surface area contributed by atoms with Crippen molar-refractivity contribution in [2.75, 3.05) is 13.1 Å². The lowest BCUT2D eigenvalue weighted by Gasteiger charge is -2.42. The zero-order chi connectivity index (χ0) is 15.6. The number of carboxylic acid groups (broad SMARTS) is 1. The molecule has 0 bridgehead atoms. The van der Waals surface area contributed by atoms with Gasteiger partial charge in [-0.1, -0.05) is 13.8 Å². The van der Waals surface area contributed by atoms with E-state index < -0.39 is 5.97 Å².